The van der Waals surface area contributed by atoms with Crippen LogP contribution in [0.25, 0.3) is 11.1 Å². The minimum absolute atomic E-state index is 0.0129. The van der Waals surface area contributed by atoms with E-state index >= 15 is 4.39 Å². The van der Waals surface area contributed by atoms with Crippen molar-refractivity contribution in [2.45, 2.75) is 110 Å². The molecule has 0 spiro atoms. The molecule has 125 heavy (non-hydrogen) atoms. The second kappa shape index (κ2) is 69.6. The number of thioether (sulfide) groups is 1. The van der Waals surface area contributed by atoms with Gasteiger partial charge in [-0.3, -0.25) is 47.9 Å². The van der Waals surface area contributed by atoms with Gasteiger partial charge in [0.25, 0.3) is 0 Å². The van der Waals surface area contributed by atoms with Crippen molar-refractivity contribution in [1.29, 1.82) is 0 Å². The molecule has 2 aromatic carbocycles. The molecule has 0 unspecified atom stereocenters. The van der Waals surface area contributed by atoms with Crippen molar-refractivity contribution >= 4 is 76.9 Å². The number of aromatic nitrogens is 1. The summed E-state index contributed by atoms with van der Waals surface area (Å²) >= 11 is 0.932. The Kier molecular flexibility index (Phi) is 61.6. The number of benzene rings is 2. The number of hydrogen-bond donors (Lipinski definition) is 10. The van der Waals surface area contributed by atoms with Crippen LogP contribution in [0.5, 0.6) is 0 Å². The smallest absolute Gasteiger partial charge is 0.327 e. The number of amides is 9. The van der Waals surface area contributed by atoms with Crippen molar-refractivity contribution in [3.8, 4) is 11.1 Å². The standard InChI is InChI=1S/C83H132F2N10O29S/c1-61(90-73(98)17-22-110-27-30-114-36-38-118-41-42-120-45-46-122-49-50-124-52-51-123-48-47-121-44-43-119-40-39-117-34-33-113-26-25-109-6)79(104)91-62(2)80(105)93-68(55-71(86)96)81(106)88-19-10-21-95(78(83(3,4)5)70-53-64(66-54-65(84)13-14-67(66)85)58-94(70)57-63-11-8-7-9-12-63)76(101)60-125-59-69(82(107)108)92-74(99)18-23-111-28-31-115-35-37-116-32-29-112-24-20-87-75(100)56-89-72(97)15-16-77(102)103/h7-9,11-14,53-54,58,61-62,68-69,78H,10,15-52,55-57,59-60H2,1-6H3,(H2,86,96)(H,87,100)(H,88,106)(H,89,97)(H,90,98)(H,91,104)(H,92,99)(H,93,105)(H,102,103)(H,107,108)/t61-,62+,68-,69-,78-/m0/s1. The van der Waals surface area contributed by atoms with Crippen LogP contribution in [-0.2, 0) is 135 Å². The van der Waals surface area contributed by atoms with Gasteiger partial charge in [-0.05, 0) is 55.5 Å². The van der Waals surface area contributed by atoms with Gasteiger partial charge in [0, 0.05) is 81.3 Å². The van der Waals surface area contributed by atoms with Crippen molar-refractivity contribution in [2.75, 3.05) is 250 Å². The minimum atomic E-state index is -1.54. The van der Waals surface area contributed by atoms with Crippen LogP contribution in [0.3, 0.4) is 0 Å². The van der Waals surface area contributed by atoms with Crippen molar-refractivity contribution in [3.05, 3.63) is 83.7 Å². The molecule has 42 heteroatoms. The highest BCUT2D eigenvalue weighted by Gasteiger charge is 2.38. The van der Waals surface area contributed by atoms with Crippen LogP contribution in [0.4, 0.5) is 8.78 Å². The first kappa shape index (κ1) is 111. The Hall–Kier alpha value is -8.54. The summed E-state index contributed by atoms with van der Waals surface area (Å²) in [4.78, 5) is 142. The molecule has 0 bridgehead atoms. The van der Waals surface area contributed by atoms with Crippen molar-refractivity contribution in [3.63, 3.8) is 0 Å². The lowest BCUT2D eigenvalue weighted by molar-refractivity contribution is -0.141. The molecular formula is C83H132F2N10O29S. The summed E-state index contributed by atoms with van der Waals surface area (Å²) in [6.07, 6.45) is 0.149. The van der Waals surface area contributed by atoms with E-state index in [4.69, 9.17) is 86.6 Å². The molecule has 3 aromatic rings. The first-order valence-electron chi connectivity index (χ1n) is 41.7. The molecule has 11 N–H and O–H groups in total. The molecule has 0 fully saturated rings. The zero-order chi connectivity index (χ0) is 91.5. The Morgan fingerprint density at radius 3 is 1.38 bits per heavy atom. The van der Waals surface area contributed by atoms with Gasteiger partial charge in [-0.1, -0.05) is 51.1 Å². The molecule has 0 saturated carbocycles. The number of nitrogens with zero attached hydrogens (tertiary/aromatic N) is 2. The van der Waals surface area contributed by atoms with E-state index < -0.39 is 119 Å². The van der Waals surface area contributed by atoms with Gasteiger partial charge in [-0.15, -0.1) is 11.8 Å². The predicted octanol–water partition coefficient (Wildman–Crippen LogP) is 1.35. The van der Waals surface area contributed by atoms with Crippen molar-refractivity contribution < 1.29 is 148 Å². The van der Waals surface area contributed by atoms with Gasteiger partial charge in [0.15, 0.2) is 0 Å². The third kappa shape index (κ3) is 55.0. The number of carboxylic acids is 2. The molecule has 0 aliphatic carbocycles. The number of nitrogens with two attached hydrogens (primary N) is 1. The molecule has 5 atom stereocenters. The molecule has 39 nitrogen and oxygen atoms in total. The fourth-order valence-corrected chi connectivity index (χ4v) is 12.1. The number of nitrogens with one attached hydrogen (secondary N) is 7. The normalized spacial score (nSPS) is 12.6. The summed E-state index contributed by atoms with van der Waals surface area (Å²) in [6, 6.07) is 7.75. The van der Waals surface area contributed by atoms with Gasteiger partial charge in [0.1, 0.15) is 35.8 Å². The Balaban J connectivity index is 1.42. The molecule has 0 aliphatic rings. The van der Waals surface area contributed by atoms with Gasteiger partial charge < -0.3 is 138 Å². The first-order valence-corrected chi connectivity index (χ1v) is 42.8. The number of methoxy groups -OCH3 is 1. The van der Waals surface area contributed by atoms with Crippen LogP contribution in [-0.4, -0.2) is 359 Å². The lowest BCUT2D eigenvalue weighted by Gasteiger charge is -2.41. The Morgan fingerprint density at radius 1 is 0.480 bits per heavy atom. The molecular weight excluding hydrogens is 1670 g/mol. The van der Waals surface area contributed by atoms with E-state index in [1.54, 1.807) is 24.3 Å². The zero-order valence-corrected chi connectivity index (χ0v) is 73.6. The molecule has 9 amide bonds. The molecule has 3 rings (SSSR count). The monoisotopic (exact) mass is 1800 g/mol. The fraction of sp³-hybridized carbons (Fsp3) is 0.675. The summed E-state index contributed by atoms with van der Waals surface area (Å²) in [5, 5.41) is 36.4. The average Bonchev–Trinajstić information content (AvgIpc) is 1.64. The van der Waals surface area contributed by atoms with Gasteiger partial charge >= 0.3 is 11.9 Å². The highest BCUT2D eigenvalue weighted by atomic mass is 32.2. The van der Waals surface area contributed by atoms with Crippen LogP contribution in [0.1, 0.15) is 90.4 Å². The molecule has 708 valence electrons. The van der Waals surface area contributed by atoms with Crippen LogP contribution >= 0.6 is 11.8 Å². The molecule has 0 radical (unpaired) electrons. The number of carbonyl (C=O) groups is 11. The SMILES string of the molecule is COCCOCCOCCOCCOCCOCCOCCOCCOCCOCCOCCOCCC(=O)N[C@@H](C)C(=O)N[C@H](C)C(=O)N[C@@H](CC(N)=O)C(=O)NCCCN(C(=O)CSC[C@H](NC(=O)CCOCCOCCOCCOCCNC(=O)CNC(=O)CCC(=O)O)C(=O)O)[C@@H](c1cc(-c2cc(F)ccc2F)cn1Cc1ccccc1)C(C)(C)C. The van der Waals surface area contributed by atoms with E-state index in [0.717, 1.165) is 35.5 Å². The van der Waals surface area contributed by atoms with Crippen molar-refractivity contribution in [2.24, 2.45) is 11.1 Å². The Labute approximate surface area is 733 Å². The van der Waals surface area contributed by atoms with E-state index in [0.29, 0.717) is 143 Å². The third-order valence-corrected chi connectivity index (χ3v) is 18.5. The number of halogens is 2. The zero-order valence-electron chi connectivity index (χ0n) is 72.8. The molecule has 0 aliphatic heterocycles. The summed E-state index contributed by atoms with van der Waals surface area (Å²) in [7, 11) is 1.62. The number of rotatable bonds is 79. The number of hydrogen-bond acceptors (Lipinski definition) is 28. The fourth-order valence-electron chi connectivity index (χ4n) is 11.2. The Morgan fingerprint density at radius 2 is 0.928 bits per heavy atom. The van der Waals surface area contributed by atoms with Gasteiger partial charge in [-0.25, -0.2) is 13.6 Å². The molecule has 0 saturated heterocycles. The first-order chi connectivity index (χ1) is 60.2. The highest BCUT2D eigenvalue weighted by molar-refractivity contribution is 8.00. The van der Waals surface area contributed by atoms with Crippen LogP contribution in [0, 0.1) is 17.0 Å². The Bertz CT molecular complexity index is 3540. The minimum Gasteiger partial charge on any atom is -0.481 e. The lowest BCUT2D eigenvalue weighted by Crippen LogP contribution is -2.56. The maximum atomic E-state index is 15.6. The second-order valence-electron chi connectivity index (χ2n) is 28.8. The van der Waals surface area contributed by atoms with Crippen LogP contribution in [0.2, 0.25) is 0 Å². The van der Waals surface area contributed by atoms with Gasteiger partial charge in [0.05, 0.1) is 236 Å². The molecule has 1 aromatic heterocycles. The summed E-state index contributed by atoms with van der Waals surface area (Å²) in [6.45, 7) is 18.7. The van der Waals surface area contributed by atoms with Crippen LogP contribution < -0.4 is 43.0 Å². The number of ether oxygens (including phenoxy) is 16. The number of carbonyl (C=O) groups excluding carboxylic acids is 9. The van der Waals surface area contributed by atoms with E-state index in [-0.39, 0.29) is 155 Å². The van der Waals surface area contributed by atoms with E-state index in [2.05, 4.69) is 37.2 Å². The number of aliphatic carboxylic acids is 2. The second-order valence-corrected chi connectivity index (χ2v) is 29.8. The third-order valence-electron chi connectivity index (χ3n) is 17.5. The summed E-state index contributed by atoms with van der Waals surface area (Å²) in [5.41, 5.74) is 6.31. The topological polar surface area (TPSA) is 494 Å². The van der Waals surface area contributed by atoms with Gasteiger partial charge in [-0.2, -0.15) is 0 Å². The van der Waals surface area contributed by atoms with Crippen LogP contribution in [0.15, 0.2) is 60.8 Å². The van der Waals surface area contributed by atoms with E-state index in [1.807, 2.05) is 55.7 Å². The van der Waals surface area contributed by atoms with Gasteiger partial charge in [0.2, 0.25) is 53.2 Å². The highest BCUT2D eigenvalue weighted by Crippen LogP contribution is 2.41. The number of primary amides is 1. The van der Waals surface area contributed by atoms with E-state index in [9.17, 15) is 62.2 Å². The molecule has 1 heterocycles. The van der Waals surface area contributed by atoms with E-state index in [1.165, 1.54) is 13.8 Å². The summed E-state index contributed by atoms with van der Waals surface area (Å²) in [5.74, 6) is -10.6. The maximum absolute atomic E-state index is 15.6. The lowest BCUT2D eigenvalue weighted by atomic mass is 9.83. The summed E-state index contributed by atoms with van der Waals surface area (Å²) < 4.78 is 119. The quantitative estimate of drug-likeness (QED) is 0.0357. The predicted molar refractivity (Wildman–Crippen MR) is 451 cm³/mol. The maximum Gasteiger partial charge on any atom is 0.327 e. The number of carboxylic acid groups (broad SMARTS) is 2. The van der Waals surface area contributed by atoms with Crippen molar-refractivity contribution in [1.82, 2.24) is 46.7 Å². The largest absolute Gasteiger partial charge is 0.481 e. The average molecular weight is 1800 g/mol.